The maximum Gasteiger partial charge on any atom is 0.262 e. The molecule has 0 aromatic heterocycles. The number of anilines is 2. The molecule has 1 unspecified atom stereocenters. The average molecular weight is 437 g/mol. The molecule has 4 nitrogen and oxygen atoms in total. The van der Waals surface area contributed by atoms with Gasteiger partial charge < -0.3 is 10.1 Å². The Morgan fingerprint density at radius 3 is 2.30 bits per heavy atom. The highest BCUT2D eigenvalue weighted by Crippen LogP contribution is 2.38. The van der Waals surface area contributed by atoms with Crippen LogP contribution in [0.4, 0.5) is 11.4 Å². The topological polar surface area (TPSA) is 41.6 Å². The highest BCUT2D eigenvalue weighted by Gasteiger charge is 2.34. The van der Waals surface area contributed by atoms with Crippen LogP contribution in [0.5, 0.6) is 5.75 Å². The number of hydrogen-bond donors (Lipinski definition) is 1. The second-order valence-electron chi connectivity index (χ2n) is 9.54. The van der Waals surface area contributed by atoms with E-state index in [1.165, 1.54) is 5.56 Å². The van der Waals surface area contributed by atoms with Crippen LogP contribution in [-0.2, 0) is 5.41 Å². The second-order valence-corrected chi connectivity index (χ2v) is 9.54. The Morgan fingerprint density at radius 2 is 1.58 bits per heavy atom. The first-order valence-electron chi connectivity index (χ1n) is 11.2. The Balaban J connectivity index is 1.63. The van der Waals surface area contributed by atoms with Crippen LogP contribution in [0.3, 0.4) is 0 Å². The predicted molar refractivity (Wildman–Crippen MR) is 135 cm³/mol. The normalized spacial score (nSPS) is 15.8. The number of nitrogens with zero attached hydrogens (tertiary/aromatic N) is 1. The van der Waals surface area contributed by atoms with Crippen molar-refractivity contribution in [2.45, 2.75) is 32.4 Å². The van der Waals surface area contributed by atoms with Gasteiger partial charge in [-0.1, -0.05) is 63.2 Å². The van der Waals surface area contributed by atoms with Crippen molar-refractivity contribution in [2.75, 3.05) is 17.3 Å². The third kappa shape index (κ3) is 3.82. The molecular weight excluding hydrogens is 408 g/mol. The zero-order valence-corrected chi connectivity index (χ0v) is 19.4. The number of methoxy groups -OCH3 is 1. The molecular formula is C29H28N2O2. The maximum atomic E-state index is 13.7. The van der Waals surface area contributed by atoms with Crippen molar-refractivity contribution in [1.29, 1.82) is 0 Å². The van der Waals surface area contributed by atoms with E-state index in [1.807, 2.05) is 53.4 Å². The van der Waals surface area contributed by atoms with E-state index in [4.69, 9.17) is 4.74 Å². The first-order valence-corrected chi connectivity index (χ1v) is 11.2. The number of rotatable bonds is 3. The summed E-state index contributed by atoms with van der Waals surface area (Å²) in [6.45, 7) is 6.58. The lowest BCUT2D eigenvalue weighted by atomic mass is 9.87. The monoisotopic (exact) mass is 436 g/mol. The molecule has 1 aliphatic heterocycles. The first kappa shape index (κ1) is 21.1. The van der Waals surface area contributed by atoms with E-state index in [1.54, 1.807) is 7.11 Å². The molecule has 4 aromatic carbocycles. The number of carbonyl (C=O) groups is 1. The molecule has 1 atom stereocenters. The van der Waals surface area contributed by atoms with E-state index >= 15 is 0 Å². The summed E-state index contributed by atoms with van der Waals surface area (Å²) in [6, 6.07) is 28.4. The summed E-state index contributed by atoms with van der Waals surface area (Å²) in [5, 5.41) is 5.80. The van der Waals surface area contributed by atoms with Crippen molar-refractivity contribution in [2.24, 2.45) is 0 Å². The zero-order chi connectivity index (χ0) is 23.2. The molecule has 0 aliphatic carbocycles. The van der Waals surface area contributed by atoms with Gasteiger partial charge in [-0.15, -0.1) is 0 Å². The van der Waals surface area contributed by atoms with Gasteiger partial charge in [-0.05, 0) is 69.8 Å². The zero-order valence-electron chi connectivity index (χ0n) is 19.4. The molecule has 0 fully saturated rings. The summed E-state index contributed by atoms with van der Waals surface area (Å²) < 4.78 is 5.42. The number of carbonyl (C=O) groups excluding carboxylic acids is 1. The van der Waals surface area contributed by atoms with E-state index in [9.17, 15) is 4.79 Å². The van der Waals surface area contributed by atoms with Gasteiger partial charge >= 0.3 is 0 Å². The largest absolute Gasteiger partial charge is 0.497 e. The molecule has 1 heterocycles. The van der Waals surface area contributed by atoms with Crippen LogP contribution >= 0.6 is 0 Å². The van der Waals surface area contributed by atoms with Gasteiger partial charge in [0.05, 0.1) is 12.7 Å². The Kier molecular flexibility index (Phi) is 5.09. The molecule has 0 saturated heterocycles. The van der Waals surface area contributed by atoms with Gasteiger partial charge in [0.25, 0.3) is 5.91 Å². The van der Waals surface area contributed by atoms with Crippen molar-refractivity contribution in [3.8, 4) is 5.75 Å². The van der Waals surface area contributed by atoms with Crippen LogP contribution < -0.4 is 15.0 Å². The van der Waals surface area contributed by atoms with Crippen LogP contribution in [-0.4, -0.2) is 13.0 Å². The minimum Gasteiger partial charge on any atom is -0.497 e. The molecule has 166 valence electrons. The third-order valence-corrected chi connectivity index (χ3v) is 6.33. The second kappa shape index (κ2) is 7.96. The van der Waals surface area contributed by atoms with E-state index in [2.05, 4.69) is 62.5 Å². The SMILES string of the molecule is COc1ccc2ccc(C3Nc4ccccc4C(=O)N3c3ccc(C(C)(C)C)cc3)cc2c1. The van der Waals surface area contributed by atoms with Gasteiger partial charge in [-0.3, -0.25) is 9.69 Å². The van der Waals surface area contributed by atoms with Gasteiger partial charge in [0.15, 0.2) is 0 Å². The molecule has 4 aromatic rings. The molecule has 33 heavy (non-hydrogen) atoms. The van der Waals surface area contributed by atoms with Gasteiger partial charge in [-0.25, -0.2) is 0 Å². The number of amides is 1. The van der Waals surface area contributed by atoms with Crippen molar-refractivity contribution >= 4 is 28.1 Å². The van der Waals surface area contributed by atoms with E-state index in [0.717, 1.165) is 33.5 Å². The van der Waals surface area contributed by atoms with Crippen molar-refractivity contribution < 1.29 is 9.53 Å². The summed E-state index contributed by atoms with van der Waals surface area (Å²) in [5.41, 5.74) is 4.69. The van der Waals surface area contributed by atoms with Crippen LogP contribution in [0.15, 0.2) is 84.9 Å². The summed E-state index contributed by atoms with van der Waals surface area (Å²) in [6.07, 6.45) is -0.330. The fourth-order valence-corrected chi connectivity index (χ4v) is 4.42. The van der Waals surface area contributed by atoms with Gasteiger partial charge in [-0.2, -0.15) is 0 Å². The van der Waals surface area contributed by atoms with Crippen molar-refractivity contribution in [1.82, 2.24) is 0 Å². The minimum atomic E-state index is -0.330. The summed E-state index contributed by atoms with van der Waals surface area (Å²) in [5.74, 6) is 0.802. The van der Waals surface area contributed by atoms with Crippen LogP contribution in [0.2, 0.25) is 0 Å². The number of nitrogens with one attached hydrogen (secondary N) is 1. The molecule has 1 N–H and O–H groups in total. The number of ether oxygens (including phenoxy) is 1. The fourth-order valence-electron chi connectivity index (χ4n) is 4.42. The standard InChI is InChI=1S/C29H28N2O2/c1-29(2,3)22-12-14-23(15-13-22)31-27(30-26-8-6-5-7-25(26)28(31)32)20-10-9-19-11-16-24(33-4)18-21(19)17-20/h5-18,27,30H,1-4H3. The van der Waals surface area contributed by atoms with Crippen molar-refractivity contribution in [3.05, 3.63) is 102 Å². The summed E-state index contributed by atoms with van der Waals surface area (Å²) in [4.78, 5) is 15.6. The lowest BCUT2D eigenvalue weighted by Gasteiger charge is -2.38. The van der Waals surface area contributed by atoms with E-state index in [0.29, 0.717) is 5.56 Å². The van der Waals surface area contributed by atoms with Crippen LogP contribution in [0.25, 0.3) is 10.8 Å². The molecule has 1 amide bonds. The van der Waals surface area contributed by atoms with Crippen LogP contribution in [0.1, 0.15) is 48.4 Å². The van der Waals surface area contributed by atoms with Crippen LogP contribution in [0, 0.1) is 0 Å². The highest BCUT2D eigenvalue weighted by atomic mass is 16.5. The Hall–Kier alpha value is -3.79. The highest BCUT2D eigenvalue weighted by molar-refractivity contribution is 6.12. The summed E-state index contributed by atoms with van der Waals surface area (Å²) in [7, 11) is 1.67. The Labute approximate surface area is 194 Å². The maximum absolute atomic E-state index is 13.7. The lowest BCUT2D eigenvalue weighted by molar-refractivity contribution is 0.0975. The summed E-state index contributed by atoms with van der Waals surface area (Å²) >= 11 is 0. The molecule has 1 aliphatic rings. The lowest BCUT2D eigenvalue weighted by Crippen LogP contribution is -2.43. The predicted octanol–water partition coefficient (Wildman–Crippen LogP) is 6.92. The van der Waals surface area contributed by atoms with Crippen molar-refractivity contribution in [3.63, 3.8) is 0 Å². The first-order chi connectivity index (χ1) is 15.8. The van der Waals surface area contributed by atoms with Gasteiger partial charge in [0.2, 0.25) is 0 Å². The Morgan fingerprint density at radius 1 is 0.848 bits per heavy atom. The molecule has 5 rings (SSSR count). The minimum absolute atomic E-state index is 0.0106. The number of benzene rings is 4. The average Bonchev–Trinajstić information content (AvgIpc) is 2.83. The third-order valence-electron chi connectivity index (χ3n) is 6.33. The molecule has 0 bridgehead atoms. The van der Waals surface area contributed by atoms with Gasteiger partial charge in [0, 0.05) is 11.4 Å². The molecule has 0 spiro atoms. The number of fused-ring (bicyclic) bond motifs is 2. The quantitative estimate of drug-likeness (QED) is 0.379. The van der Waals surface area contributed by atoms with Gasteiger partial charge in [0.1, 0.15) is 11.9 Å². The molecule has 0 radical (unpaired) electrons. The van der Waals surface area contributed by atoms with E-state index < -0.39 is 0 Å². The molecule has 0 saturated carbocycles. The Bertz CT molecular complexity index is 1340. The van der Waals surface area contributed by atoms with E-state index in [-0.39, 0.29) is 17.5 Å². The fraction of sp³-hybridized carbons (Fsp3) is 0.207. The molecule has 4 heteroatoms. The number of para-hydroxylation sites is 1. The smallest absolute Gasteiger partial charge is 0.262 e. The number of hydrogen-bond acceptors (Lipinski definition) is 3.